The highest BCUT2D eigenvalue weighted by molar-refractivity contribution is 6.04. The first-order valence-electron chi connectivity index (χ1n) is 15.3. The number of aliphatic hydroxyl groups excluding tert-OH is 1. The SMILES string of the molecule is CO[C@@H]1C[C@@H](C)CN(C)[C@H]([C@H]2C[C@@H](N(C)C)C2)COC(=O)C(C)(C)C(=O)[C@H](C)[C@H]1O[C@@H]1O[C@H](C)C[C@H](N(C)C)[C@H]1O. The predicted octanol–water partition coefficient (Wildman–Crippen LogP) is 2.27. The Morgan fingerprint density at radius 1 is 1.00 bits per heavy atom. The Balaban J connectivity index is 1.91. The Hall–Kier alpha value is -1.14. The normalized spacial score (nSPS) is 41.8. The first-order chi connectivity index (χ1) is 19.1. The van der Waals surface area contributed by atoms with E-state index in [1.54, 1.807) is 27.9 Å². The molecule has 2 heterocycles. The second kappa shape index (κ2) is 14.1. The van der Waals surface area contributed by atoms with Crippen molar-refractivity contribution in [1.82, 2.24) is 14.7 Å². The number of carbonyl (C=O) groups excluding carboxylic acids is 2. The monoisotopic (exact) mass is 583 g/mol. The van der Waals surface area contributed by atoms with E-state index in [0.29, 0.717) is 24.8 Å². The second-order valence-corrected chi connectivity index (χ2v) is 14.0. The molecule has 10 nitrogen and oxygen atoms in total. The molecule has 0 aromatic heterocycles. The third-order valence-corrected chi connectivity index (χ3v) is 9.88. The summed E-state index contributed by atoms with van der Waals surface area (Å²) in [5, 5.41) is 11.2. The van der Waals surface area contributed by atoms with Crippen LogP contribution >= 0.6 is 0 Å². The van der Waals surface area contributed by atoms with Gasteiger partial charge in [-0.25, -0.2) is 0 Å². The average molecular weight is 584 g/mol. The summed E-state index contributed by atoms with van der Waals surface area (Å²) in [7, 11) is 11.8. The fraction of sp³-hybridized carbons (Fsp3) is 0.935. The largest absolute Gasteiger partial charge is 0.463 e. The number of likely N-dealkylation sites (N-methyl/N-ethyl adjacent to an activating group) is 2. The van der Waals surface area contributed by atoms with Gasteiger partial charge in [0.05, 0.1) is 18.3 Å². The number of cyclic esters (lactones) is 1. The van der Waals surface area contributed by atoms with E-state index in [1.165, 1.54) is 0 Å². The molecule has 9 atom stereocenters. The molecule has 3 rings (SSSR count). The number of ketones is 1. The summed E-state index contributed by atoms with van der Waals surface area (Å²) in [6.45, 7) is 10.2. The van der Waals surface area contributed by atoms with Crippen molar-refractivity contribution in [3.8, 4) is 0 Å². The van der Waals surface area contributed by atoms with Gasteiger partial charge in [0.15, 0.2) is 12.1 Å². The van der Waals surface area contributed by atoms with Gasteiger partial charge < -0.3 is 33.9 Å². The molecule has 41 heavy (non-hydrogen) atoms. The van der Waals surface area contributed by atoms with Crippen LogP contribution in [0.3, 0.4) is 0 Å². The highest BCUT2D eigenvalue weighted by Gasteiger charge is 2.48. The minimum absolute atomic E-state index is 0.0740. The Kier molecular flexibility index (Phi) is 11.8. The number of carbonyl (C=O) groups is 2. The van der Waals surface area contributed by atoms with Crippen molar-refractivity contribution in [3.63, 3.8) is 0 Å². The molecule has 1 saturated carbocycles. The molecule has 10 heteroatoms. The molecule has 0 bridgehead atoms. The zero-order valence-electron chi connectivity index (χ0n) is 27.3. The highest BCUT2D eigenvalue weighted by atomic mass is 16.7. The van der Waals surface area contributed by atoms with Crippen molar-refractivity contribution in [1.29, 1.82) is 0 Å². The van der Waals surface area contributed by atoms with Crippen LogP contribution in [0.1, 0.15) is 60.3 Å². The highest BCUT2D eigenvalue weighted by Crippen LogP contribution is 2.37. The Bertz CT molecular complexity index is 878. The van der Waals surface area contributed by atoms with Crippen molar-refractivity contribution >= 4 is 11.8 Å². The Morgan fingerprint density at radius 2 is 1.63 bits per heavy atom. The van der Waals surface area contributed by atoms with Gasteiger partial charge in [-0.05, 0) is 93.5 Å². The number of ether oxygens (including phenoxy) is 4. The van der Waals surface area contributed by atoms with E-state index in [0.717, 1.165) is 19.4 Å². The zero-order valence-corrected chi connectivity index (χ0v) is 27.3. The molecule has 2 saturated heterocycles. The molecule has 0 radical (unpaired) electrons. The molecule has 3 fully saturated rings. The molecule has 1 aliphatic carbocycles. The smallest absolute Gasteiger partial charge is 0.319 e. The standard InChI is InChI=1S/C31H57N3O7/c1-18-12-25(38-11)27(41-29-26(35)23(33(8)9)13-19(2)40-29)20(3)28(36)31(4,5)30(37)39-17-24(34(10)16-18)21-14-22(15-21)32(6)7/h18-27,29,35H,12-17H2,1-11H3/t18-,19-,20-,21-,22+,23+,24+,25-,26-,27-,29+/m1/s1. The minimum atomic E-state index is -1.38. The number of rotatable bonds is 6. The third-order valence-electron chi connectivity index (χ3n) is 9.88. The van der Waals surface area contributed by atoms with Crippen LogP contribution in [0.5, 0.6) is 0 Å². The maximum atomic E-state index is 14.0. The molecule has 3 aliphatic rings. The number of aliphatic hydroxyl groups is 1. The second-order valence-electron chi connectivity index (χ2n) is 14.0. The molecule has 0 aromatic rings. The van der Waals surface area contributed by atoms with E-state index in [-0.39, 0.29) is 36.5 Å². The maximum absolute atomic E-state index is 14.0. The number of nitrogens with zero attached hydrogens (tertiary/aromatic N) is 3. The van der Waals surface area contributed by atoms with Crippen LogP contribution in [0.25, 0.3) is 0 Å². The number of Topliss-reactive ketones (excluding diaryl/α,β-unsaturated/α-hetero) is 1. The van der Waals surface area contributed by atoms with Crippen LogP contribution < -0.4 is 0 Å². The minimum Gasteiger partial charge on any atom is -0.463 e. The lowest BCUT2D eigenvalue weighted by Crippen LogP contribution is -2.57. The van der Waals surface area contributed by atoms with E-state index in [2.05, 4.69) is 37.9 Å². The summed E-state index contributed by atoms with van der Waals surface area (Å²) >= 11 is 0. The van der Waals surface area contributed by atoms with E-state index in [9.17, 15) is 14.7 Å². The van der Waals surface area contributed by atoms with Gasteiger partial charge in [-0.15, -0.1) is 0 Å². The number of methoxy groups -OCH3 is 1. The molecule has 0 aromatic carbocycles. The summed E-state index contributed by atoms with van der Waals surface area (Å²) in [5.41, 5.74) is -1.38. The van der Waals surface area contributed by atoms with Gasteiger partial charge in [0.1, 0.15) is 18.1 Å². The van der Waals surface area contributed by atoms with E-state index >= 15 is 0 Å². The van der Waals surface area contributed by atoms with Gasteiger partial charge >= 0.3 is 5.97 Å². The molecule has 0 amide bonds. The van der Waals surface area contributed by atoms with E-state index < -0.39 is 41.9 Å². The Morgan fingerprint density at radius 3 is 2.20 bits per heavy atom. The number of hydrogen-bond acceptors (Lipinski definition) is 10. The summed E-state index contributed by atoms with van der Waals surface area (Å²) in [6.07, 6.45) is 0.278. The van der Waals surface area contributed by atoms with Gasteiger partial charge in [-0.3, -0.25) is 14.5 Å². The van der Waals surface area contributed by atoms with Crippen LogP contribution in [0.4, 0.5) is 0 Å². The quantitative estimate of drug-likeness (QED) is 0.370. The first-order valence-corrected chi connectivity index (χ1v) is 15.3. The van der Waals surface area contributed by atoms with Crippen molar-refractivity contribution in [2.75, 3.05) is 55.5 Å². The van der Waals surface area contributed by atoms with Crippen LogP contribution in [-0.4, -0.2) is 136 Å². The molecular weight excluding hydrogens is 526 g/mol. The maximum Gasteiger partial charge on any atom is 0.319 e. The number of hydrogen-bond donors (Lipinski definition) is 1. The van der Waals surface area contributed by atoms with Crippen LogP contribution in [0.15, 0.2) is 0 Å². The molecule has 2 aliphatic heterocycles. The lowest BCUT2D eigenvalue weighted by atomic mass is 9.74. The summed E-state index contributed by atoms with van der Waals surface area (Å²) in [5.74, 6) is -0.874. The summed E-state index contributed by atoms with van der Waals surface area (Å²) in [6, 6.07) is 0.456. The lowest BCUT2D eigenvalue weighted by Gasteiger charge is -2.46. The van der Waals surface area contributed by atoms with Crippen molar-refractivity contribution in [2.24, 2.45) is 23.2 Å². The number of esters is 1. The van der Waals surface area contributed by atoms with Crippen molar-refractivity contribution < 1.29 is 33.6 Å². The first kappa shape index (κ1) is 34.4. The molecule has 0 spiro atoms. The molecular formula is C31H57N3O7. The van der Waals surface area contributed by atoms with Crippen molar-refractivity contribution in [2.45, 2.75) is 109 Å². The van der Waals surface area contributed by atoms with Gasteiger partial charge in [0.2, 0.25) is 0 Å². The van der Waals surface area contributed by atoms with Crippen LogP contribution in [0, 0.1) is 23.2 Å². The fourth-order valence-corrected chi connectivity index (χ4v) is 6.95. The zero-order chi connectivity index (χ0) is 30.8. The topological polar surface area (TPSA) is 101 Å². The summed E-state index contributed by atoms with van der Waals surface area (Å²) < 4.78 is 24.5. The lowest BCUT2D eigenvalue weighted by molar-refractivity contribution is -0.284. The summed E-state index contributed by atoms with van der Waals surface area (Å²) in [4.78, 5) is 34.0. The Labute approximate surface area is 248 Å². The van der Waals surface area contributed by atoms with Gasteiger partial charge in [-0.1, -0.05) is 13.8 Å². The van der Waals surface area contributed by atoms with Gasteiger partial charge in [-0.2, -0.15) is 0 Å². The van der Waals surface area contributed by atoms with E-state index in [4.69, 9.17) is 18.9 Å². The van der Waals surface area contributed by atoms with Gasteiger partial charge in [0, 0.05) is 37.7 Å². The molecule has 238 valence electrons. The van der Waals surface area contributed by atoms with Crippen molar-refractivity contribution in [3.05, 3.63) is 0 Å². The van der Waals surface area contributed by atoms with Gasteiger partial charge in [0.25, 0.3) is 0 Å². The third kappa shape index (κ3) is 7.88. The average Bonchev–Trinajstić information content (AvgIpc) is 2.86. The van der Waals surface area contributed by atoms with Crippen LogP contribution in [0.2, 0.25) is 0 Å². The predicted molar refractivity (Wildman–Crippen MR) is 157 cm³/mol. The molecule has 0 unspecified atom stereocenters. The van der Waals surface area contributed by atoms with Crippen LogP contribution in [-0.2, 0) is 28.5 Å². The molecule has 1 N–H and O–H groups in total. The fourth-order valence-electron chi connectivity index (χ4n) is 6.95. The van der Waals surface area contributed by atoms with E-state index in [1.807, 2.05) is 25.9 Å².